The van der Waals surface area contributed by atoms with E-state index in [2.05, 4.69) is 15.0 Å². The molecule has 1 saturated heterocycles. The summed E-state index contributed by atoms with van der Waals surface area (Å²) in [7, 11) is 0. The van der Waals surface area contributed by atoms with E-state index >= 15 is 0 Å². The molecular formula is C19H21N5O3S. The Morgan fingerprint density at radius 1 is 1.14 bits per heavy atom. The molecule has 9 heteroatoms. The van der Waals surface area contributed by atoms with Crippen LogP contribution in [0.4, 0.5) is 0 Å². The van der Waals surface area contributed by atoms with Crippen LogP contribution >= 0.6 is 11.3 Å². The van der Waals surface area contributed by atoms with Gasteiger partial charge in [-0.1, -0.05) is 17.3 Å². The SMILES string of the molecule is O=C(CCn1ccccc1=O)N1CCN(Cc2nc(-c3cccs3)no2)CC1. The standard InChI is InChI=1S/C19H21N5O3S/c25-17-5-1-2-7-23(17)8-6-18(26)24-11-9-22(10-12-24)14-16-20-19(21-27-16)15-4-3-13-28-15/h1-5,7,13H,6,8-12,14H2. The molecule has 0 unspecified atom stereocenters. The van der Waals surface area contributed by atoms with Gasteiger partial charge in [-0.3, -0.25) is 14.5 Å². The largest absolute Gasteiger partial charge is 0.340 e. The highest BCUT2D eigenvalue weighted by Crippen LogP contribution is 2.21. The minimum absolute atomic E-state index is 0.0770. The fourth-order valence-electron chi connectivity index (χ4n) is 3.19. The number of aromatic nitrogens is 3. The lowest BCUT2D eigenvalue weighted by atomic mass is 10.2. The molecule has 4 rings (SSSR count). The Morgan fingerprint density at radius 2 is 2.00 bits per heavy atom. The number of hydrogen-bond donors (Lipinski definition) is 0. The number of amides is 1. The second-order valence-corrected chi connectivity index (χ2v) is 7.58. The topological polar surface area (TPSA) is 84.5 Å². The van der Waals surface area contributed by atoms with Crippen molar-refractivity contribution in [3.05, 3.63) is 58.2 Å². The molecule has 4 heterocycles. The normalized spacial score (nSPS) is 15.1. The smallest absolute Gasteiger partial charge is 0.250 e. The van der Waals surface area contributed by atoms with Crippen molar-refractivity contribution in [1.29, 1.82) is 0 Å². The Kier molecular flexibility index (Phi) is 5.63. The maximum Gasteiger partial charge on any atom is 0.250 e. The van der Waals surface area contributed by atoms with E-state index in [1.807, 2.05) is 22.4 Å². The zero-order chi connectivity index (χ0) is 19.3. The van der Waals surface area contributed by atoms with E-state index in [0.29, 0.717) is 44.3 Å². The lowest BCUT2D eigenvalue weighted by Gasteiger charge is -2.34. The summed E-state index contributed by atoms with van der Waals surface area (Å²) >= 11 is 1.58. The van der Waals surface area contributed by atoms with Crippen LogP contribution in [0.15, 0.2) is 51.2 Å². The second-order valence-electron chi connectivity index (χ2n) is 6.63. The molecule has 0 atom stereocenters. The Bertz CT molecular complexity index is 973. The molecular weight excluding hydrogens is 378 g/mol. The van der Waals surface area contributed by atoms with Crippen LogP contribution in [0.2, 0.25) is 0 Å². The van der Waals surface area contributed by atoms with Crippen LogP contribution in [-0.2, 0) is 17.9 Å². The first-order valence-corrected chi connectivity index (χ1v) is 10.1. The van der Waals surface area contributed by atoms with E-state index in [1.165, 1.54) is 6.07 Å². The first-order chi connectivity index (χ1) is 13.7. The number of rotatable bonds is 6. The summed E-state index contributed by atoms with van der Waals surface area (Å²) in [5, 5.41) is 6.01. The van der Waals surface area contributed by atoms with Crippen LogP contribution < -0.4 is 5.56 Å². The predicted molar refractivity (Wildman–Crippen MR) is 105 cm³/mol. The number of hydrogen-bond acceptors (Lipinski definition) is 7. The number of nitrogens with zero attached hydrogens (tertiary/aromatic N) is 5. The number of aryl methyl sites for hydroxylation is 1. The highest BCUT2D eigenvalue weighted by Gasteiger charge is 2.22. The van der Waals surface area contributed by atoms with Gasteiger partial charge < -0.3 is 14.0 Å². The van der Waals surface area contributed by atoms with E-state index < -0.39 is 0 Å². The molecule has 0 N–H and O–H groups in total. The van der Waals surface area contributed by atoms with Crippen LogP contribution in [0.1, 0.15) is 12.3 Å². The molecule has 8 nitrogen and oxygen atoms in total. The number of pyridine rings is 1. The third-order valence-corrected chi connectivity index (χ3v) is 5.62. The molecule has 0 spiro atoms. The Hall–Kier alpha value is -2.78. The van der Waals surface area contributed by atoms with Crippen LogP contribution in [-0.4, -0.2) is 56.6 Å². The van der Waals surface area contributed by atoms with E-state index in [9.17, 15) is 9.59 Å². The van der Waals surface area contributed by atoms with Crippen molar-refractivity contribution in [3.63, 3.8) is 0 Å². The van der Waals surface area contributed by atoms with Crippen LogP contribution in [0, 0.1) is 0 Å². The number of carbonyl (C=O) groups is 1. The van der Waals surface area contributed by atoms with Gasteiger partial charge in [0.1, 0.15) is 0 Å². The fourth-order valence-corrected chi connectivity index (χ4v) is 3.84. The first-order valence-electron chi connectivity index (χ1n) is 9.21. The summed E-state index contributed by atoms with van der Waals surface area (Å²) < 4.78 is 6.92. The van der Waals surface area contributed by atoms with E-state index in [0.717, 1.165) is 18.0 Å². The van der Waals surface area contributed by atoms with Crippen LogP contribution in [0.25, 0.3) is 10.7 Å². The maximum absolute atomic E-state index is 12.4. The van der Waals surface area contributed by atoms with Crippen LogP contribution in [0.3, 0.4) is 0 Å². The van der Waals surface area contributed by atoms with Gasteiger partial charge in [0.2, 0.25) is 17.6 Å². The van der Waals surface area contributed by atoms with Crippen LogP contribution in [0.5, 0.6) is 0 Å². The molecule has 0 bridgehead atoms. The van der Waals surface area contributed by atoms with Gasteiger partial charge in [0.05, 0.1) is 11.4 Å². The van der Waals surface area contributed by atoms with E-state index in [4.69, 9.17) is 4.52 Å². The third kappa shape index (κ3) is 4.37. The van der Waals surface area contributed by atoms with Crippen molar-refractivity contribution in [2.24, 2.45) is 0 Å². The Labute approximate surface area is 166 Å². The molecule has 0 aromatic carbocycles. The molecule has 3 aromatic heterocycles. The molecule has 1 aliphatic heterocycles. The fraction of sp³-hybridized carbons (Fsp3) is 0.368. The maximum atomic E-state index is 12.4. The van der Waals surface area contributed by atoms with E-state index in [-0.39, 0.29) is 11.5 Å². The summed E-state index contributed by atoms with van der Waals surface area (Å²) in [5.41, 5.74) is -0.0819. The van der Waals surface area contributed by atoms with Gasteiger partial charge in [-0.15, -0.1) is 11.3 Å². The lowest BCUT2D eigenvalue weighted by Crippen LogP contribution is -2.48. The highest BCUT2D eigenvalue weighted by atomic mass is 32.1. The molecule has 0 radical (unpaired) electrons. The third-order valence-electron chi connectivity index (χ3n) is 4.76. The molecule has 0 saturated carbocycles. The molecule has 28 heavy (non-hydrogen) atoms. The summed E-state index contributed by atoms with van der Waals surface area (Å²) in [6, 6.07) is 8.93. The molecule has 1 fully saturated rings. The Morgan fingerprint density at radius 3 is 2.75 bits per heavy atom. The van der Waals surface area contributed by atoms with Crippen molar-refractivity contribution in [2.45, 2.75) is 19.5 Å². The van der Waals surface area contributed by atoms with Gasteiger partial charge >= 0.3 is 0 Å². The number of carbonyl (C=O) groups excluding carboxylic acids is 1. The first kappa shape index (κ1) is 18.6. The lowest BCUT2D eigenvalue weighted by molar-refractivity contribution is -0.133. The molecule has 3 aromatic rings. The summed E-state index contributed by atoms with van der Waals surface area (Å²) in [6.45, 7) is 3.83. The van der Waals surface area contributed by atoms with Crippen molar-refractivity contribution in [1.82, 2.24) is 24.5 Å². The van der Waals surface area contributed by atoms with E-state index in [1.54, 1.807) is 34.2 Å². The Balaban J connectivity index is 1.25. The van der Waals surface area contributed by atoms with Crippen molar-refractivity contribution >= 4 is 17.2 Å². The van der Waals surface area contributed by atoms with Gasteiger partial charge in [0.25, 0.3) is 5.56 Å². The number of thiophene rings is 1. The second kappa shape index (κ2) is 8.49. The van der Waals surface area contributed by atoms with Gasteiger partial charge in [-0.2, -0.15) is 4.98 Å². The average Bonchev–Trinajstić information content (AvgIpc) is 3.39. The van der Waals surface area contributed by atoms with Gasteiger partial charge in [-0.25, -0.2) is 0 Å². The molecule has 1 aliphatic rings. The number of piperazine rings is 1. The van der Waals surface area contributed by atoms with Crippen molar-refractivity contribution < 1.29 is 9.32 Å². The molecule has 1 amide bonds. The zero-order valence-corrected chi connectivity index (χ0v) is 16.2. The molecule has 146 valence electrons. The van der Waals surface area contributed by atoms with Crippen molar-refractivity contribution in [2.75, 3.05) is 26.2 Å². The highest BCUT2D eigenvalue weighted by molar-refractivity contribution is 7.13. The minimum atomic E-state index is -0.0819. The predicted octanol–water partition coefficient (Wildman–Crippen LogP) is 1.69. The quantitative estimate of drug-likeness (QED) is 0.627. The molecule has 0 aliphatic carbocycles. The minimum Gasteiger partial charge on any atom is -0.340 e. The average molecular weight is 399 g/mol. The summed E-state index contributed by atoms with van der Waals surface area (Å²) in [5.74, 6) is 1.29. The van der Waals surface area contributed by atoms with Gasteiger partial charge in [0, 0.05) is 51.4 Å². The van der Waals surface area contributed by atoms with Crippen molar-refractivity contribution in [3.8, 4) is 10.7 Å². The zero-order valence-electron chi connectivity index (χ0n) is 15.4. The van der Waals surface area contributed by atoms with Gasteiger partial charge in [-0.05, 0) is 17.5 Å². The summed E-state index contributed by atoms with van der Waals surface area (Å²) in [6.07, 6.45) is 2.04. The summed E-state index contributed by atoms with van der Waals surface area (Å²) in [4.78, 5) is 33.6. The van der Waals surface area contributed by atoms with Gasteiger partial charge in [0.15, 0.2) is 0 Å². The monoisotopic (exact) mass is 399 g/mol.